The van der Waals surface area contributed by atoms with Crippen molar-refractivity contribution in [2.24, 2.45) is 7.05 Å². The van der Waals surface area contributed by atoms with Crippen LogP contribution in [0.15, 0.2) is 48.8 Å². The zero-order valence-corrected chi connectivity index (χ0v) is 22.9. The van der Waals surface area contributed by atoms with Crippen molar-refractivity contribution in [3.8, 4) is 11.6 Å². The minimum absolute atomic E-state index is 0.103. The highest BCUT2D eigenvalue weighted by Crippen LogP contribution is 2.27. The molecule has 0 saturated carbocycles. The van der Waals surface area contributed by atoms with Gasteiger partial charge >= 0.3 is 0 Å². The van der Waals surface area contributed by atoms with Gasteiger partial charge in [-0.1, -0.05) is 6.07 Å². The summed E-state index contributed by atoms with van der Waals surface area (Å²) in [5.41, 5.74) is 3.74. The molecular weight excluding hydrogens is 496 g/mol. The fourth-order valence-corrected chi connectivity index (χ4v) is 4.80. The second kappa shape index (κ2) is 10.9. The van der Waals surface area contributed by atoms with Crippen LogP contribution in [0.1, 0.15) is 28.0 Å². The SMILES string of the molecule is Cc1cc(C(=O)Nc2cc(Oc3ccc4nc(NC(=O)CN5CC[C@@H](N(C)C)C5)cn4n3)ccc2C)n(C)c1. The Morgan fingerprint density at radius 2 is 1.92 bits per heavy atom. The summed E-state index contributed by atoms with van der Waals surface area (Å²) in [6.07, 6.45) is 4.63. The molecule has 1 aliphatic rings. The summed E-state index contributed by atoms with van der Waals surface area (Å²) in [5, 5.41) is 10.3. The van der Waals surface area contributed by atoms with Gasteiger partial charge in [0.15, 0.2) is 11.5 Å². The standard InChI is InChI=1S/C28H34N8O3/c1-18-12-23(34(5)14-18)28(38)29-22-13-21(7-6-19(22)2)39-27-9-8-25-30-24(16-36(25)32-27)31-26(37)17-35-11-10-20(15-35)33(3)4/h6-9,12-14,16,20H,10-11,15,17H2,1-5H3,(H,29,38)(H,31,37)/t20-/m1/s1. The van der Waals surface area contributed by atoms with Crippen molar-refractivity contribution in [1.29, 1.82) is 0 Å². The van der Waals surface area contributed by atoms with Crippen molar-refractivity contribution < 1.29 is 14.3 Å². The number of rotatable bonds is 8. The number of carbonyl (C=O) groups is 2. The maximum atomic E-state index is 12.8. The summed E-state index contributed by atoms with van der Waals surface area (Å²) >= 11 is 0. The Balaban J connectivity index is 1.23. The van der Waals surface area contributed by atoms with Crippen LogP contribution in [0.4, 0.5) is 11.5 Å². The number of carbonyl (C=O) groups excluding carboxylic acids is 2. The minimum atomic E-state index is -0.194. The van der Waals surface area contributed by atoms with Crippen molar-refractivity contribution in [2.45, 2.75) is 26.3 Å². The number of likely N-dealkylation sites (N-methyl/N-ethyl adjacent to an activating group) is 1. The first-order valence-corrected chi connectivity index (χ1v) is 12.9. The zero-order chi connectivity index (χ0) is 27.7. The van der Waals surface area contributed by atoms with Gasteiger partial charge in [-0.3, -0.25) is 14.5 Å². The number of amides is 2. The molecule has 0 unspecified atom stereocenters. The maximum absolute atomic E-state index is 12.8. The summed E-state index contributed by atoms with van der Waals surface area (Å²) in [6, 6.07) is 11.3. The van der Waals surface area contributed by atoms with Crippen molar-refractivity contribution in [3.05, 3.63) is 65.6 Å². The molecule has 39 heavy (non-hydrogen) atoms. The zero-order valence-electron chi connectivity index (χ0n) is 22.9. The number of nitrogens with one attached hydrogen (secondary N) is 2. The molecule has 0 radical (unpaired) electrons. The van der Waals surface area contributed by atoms with E-state index in [1.165, 1.54) is 0 Å². The molecule has 2 N–H and O–H groups in total. The van der Waals surface area contributed by atoms with Crippen LogP contribution in [0.2, 0.25) is 0 Å². The molecule has 1 aromatic carbocycles. The second-order valence-corrected chi connectivity index (χ2v) is 10.3. The van der Waals surface area contributed by atoms with Gasteiger partial charge in [-0.25, -0.2) is 9.50 Å². The third-order valence-corrected chi connectivity index (χ3v) is 6.96. The molecule has 3 aromatic heterocycles. The molecule has 0 bridgehead atoms. The molecule has 1 fully saturated rings. The van der Waals surface area contributed by atoms with Gasteiger partial charge in [0.25, 0.3) is 5.91 Å². The fraction of sp³-hybridized carbons (Fsp3) is 0.357. The molecule has 4 aromatic rings. The van der Waals surface area contributed by atoms with Gasteiger partial charge in [0.2, 0.25) is 11.8 Å². The van der Waals surface area contributed by atoms with Crippen molar-refractivity contribution >= 4 is 29.0 Å². The van der Waals surface area contributed by atoms with Crippen LogP contribution in [-0.4, -0.2) is 80.6 Å². The minimum Gasteiger partial charge on any atom is -0.438 e. The first-order chi connectivity index (χ1) is 18.6. The van der Waals surface area contributed by atoms with E-state index in [1.807, 2.05) is 45.3 Å². The molecule has 1 atom stereocenters. The number of imidazole rings is 1. The van der Waals surface area contributed by atoms with Crippen LogP contribution in [-0.2, 0) is 11.8 Å². The topological polar surface area (TPSA) is 109 Å². The van der Waals surface area contributed by atoms with E-state index in [-0.39, 0.29) is 11.8 Å². The molecule has 0 spiro atoms. The van der Waals surface area contributed by atoms with Gasteiger partial charge in [0.1, 0.15) is 11.4 Å². The Labute approximate surface area is 227 Å². The van der Waals surface area contributed by atoms with Crippen molar-refractivity contribution in [2.75, 3.05) is 44.4 Å². The number of benzene rings is 1. The number of anilines is 2. The Bertz CT molecular complexity index is 1520. The van der Waals surface area contributed by atoms with Crippen LogP contribution in [0.3, 0.4) is 0 Å². The summed E-state index contributed by atoms with van der Waals surface area (Å²) in [4.78, 5) is 34.2. The highest BCUT2D eigenvalue weighted by Gasteiger charge is 2.25. The van der Waals surface area contributed by atoms with E-state index >= 15 is 0 Å². The van der Waals surface area contributed by atoms with Crippen molar-refractivity contribution in [3.63, 3.8) is 0 Å². The number of nitrogens with zero attached hydrogens (tertiary/aromatic N) is 6. The predicted octanol–water partition coefficient (Wildman–Crippen LogP) is 3.30. The van der Waals surface area contributed by atoms with Gasteiger partial charge in [0.05, 0.1) is 12.7 Å². The van der Waals surface area contributed by atoms with Gasteiger partial charge in [-0.2, -0.15) is 0 Å². The number of hydrogen-bond donors (Lipinski definition) is 2. The van der Waals surface area contributed by atoms with E-state index in [0.29, 0.717) is 47.1 Å². The van der Waals surface area contributed by atoms with E-state index in [9.17, 15) is 9.59 Å². The fourth-order valence-electron chi connectivity index (χ4n) is 4.80. The average Bonchev–Trinajstić information content (AvgIpc) is 3.59. The normalized spacial score (nSPS) is 15.7. The summed E-state index contributed by atoms with van der Waals surface area (Å²) in [5.74, 6) is 1.02. The lowest BCUT2D eigenvalue weighted by Crippen LogP contribution is -2.35. The van der Waals surface area contributed by atoms with Crippen LogP contribution in [0.25, 0.3) is 5.65 Å². The third kappa shape index (κ3) is 6.10. The van der Waals surface area contributed by atoms with E-state index < -0.39 is 0 Å². The molecule has 1 saturated heterocycles. The Morgan fingerprint density at radius 3 is 2.64 bits per heavy atom. The number of aromatic nitrogens is 4. The maximum Gasteiger partial charge on any atom is 0.272 e. The molecule has 204 valence electrons. The summed E-state index contributed by atoms with van der Waals surface area (Å²) in [6.45, 7) is 5.98. The van der Waals surface area contributed by atoms with Crippen LogP contribution in [0, 0.1) is 13.8 Å². The third-order valence-electron chi connectivity index (χ3n) is 6.96. The first-order valence-electron chi connectivity index (χ1n) is 12.9. The Morgan fingerprint density at radius 1 is 1.10 bits per heavy atom. The van der Waals surface area contributed by atoms with E-state index in [1.54, 1.807) is 33.5 Å². The number of hydrogen-bond acceptors (Lipinski definition) is 7. The monoisotopic (exact) mass is 530 g/mol. The lowest BCUT2D eigenvalue weighted by Gasteiger charge is -2.19. The highest BCUT2D eigenvalue weighted by molar-refractivity contribution is 6.03. The molecule has 2 amide bonds. The Hall–Kier alpha value is -4.22. The molecule has 11 nitrogen and oxygen atoms in total. The molecular formula is C28H34N8O3. The molecule has 5 rings (SSSR count). The molecule has 1 aliphatic heterocycles. The van der Waals surface area contributed by atoms with E-state index in [0.717, 1.165) is 30.6 Å². The smallest absolute Gasteiger partial charge is 0.272 e. The number of likely N-dealkylation sites (tertiary alicyclic amines) is 1. The lowest BCUT2D eigenvalue weighted by molar-refractivity contribution is -0.117. The van der Waals surface area contributed by atoms with Crippen LogP contribution in [0.5, 0.6) is 11.6 Å². The first kappa shape index (κ1) is 26.4. The molecule has 4 heterocycles. The van der Waals surface area contributed by atoms with Crippen LogP contribution >= 0.6 is 0 Å². The molecule has 11 heteroatoms. The number of ether oxygens (including phenoxy) is 1. The lowest BCUT2D eigenvalue weighted by atomic mass is 10.2. The van der Waals surface area contributed by atoms with Crippen LogP contribution < -0.4 is 15.4 Å². The average molecular weight is 531 g/mol. The predicted molar refractivity (Wildman–Crippen MR) is 150 cm³/mol. The van der Waals surface area contributed by atoms with Gasteiger partial charge in [-0.05, 0) is 63.7 Å². The van der Waals surface area contributed by atoms with E-state index in [4.69, 9.17) is 4.74 Å². The summed E-state index contributed by atoms with van der Waals surface area (Å²) in [7, 11) is 5.98. The number of aryl methyl sites for hydroxylation is 3. The van der Waals surface area contributed by atoms with Gasteiger partial charge < -0.3 is 24.8 Å². The van der Waals surface area contributed by atoms with Gasteiger partial charge in [-0.15, -0.1) is 5.10 Å². The second-order valence-electron chi connectivity index (χ2n) is 10.3. The Kier molecular flexibility index (Phi) is 7.36. The quantitative estimate of drug-likeness (QED) is 0.360. The van der Waals surface area contributed by atoms with Gasteiger partial charge in [0, 0.05) is 50.2 Å². The van der Waals surface area contributed by atoms with Crippen molar-refractivity contribution in [1.82, 2.24) is 29.0 Å². The highest BCUT2D eigenvalue weighted by atomic mass is 16.5. The summed E-state index contributed by atoms with van der Waals surface area (Å²) < 4.78 is 9.36. The largest absolute Gasteiger partial charge is 0.438 e. The number of fused-ring (bicyclic) bond motifs is 1. The molecule has 0 aliphatic carbocycles. The van der Waals surface area contributed by atoms with E-state index in [2.05, 4.69) is 44.6 Å².